The van der Waals surface area contributed by atoms with Gasteiger partial charge in [-0.15, -0.1) is 0 Å². The second-order valence-electron chi connectivity index (χ2n) is 14.3. The summed E-state index contributed by atoms with van der Waals surface area (Å²) in [5, 5.41) is 1.99. The van der Waals surface area contributed by atoms with Crippen LogP contribution in [0.2, 0.25) is 0 Å². The van der Waals surface area contributed by atoms with Crippen molar-refractivity contribution in [2.75, 3.05) is 0 Å². The molecule has 2 nitrogen and oxygen atoms in total. The summed E-state index contributed by atoms with van der Waals surface area (Å²) in [6.45, 7) is 4.50. The van der Waals surface area contributed by atoms with E-state index >= 15 is 0 Å². The molecule has 0 amide bonds. The van der Waals surface area contributed by atoms with Crippen LogP contribution in [0.25, 0.3) is 55.3 Å². The van der Waals surface area contributed by atoms with Crippen molar-refractivity contribution in [2.24, 2.45) is 0 Å². The molecule has 3 aliphatic carbocycles. The largest absolute Gasteiger partial charge is 0.455 e. The van der Waals surface area contributed by atoms with Crippen molar-refractivity contribution in [2.45, 2.75) is 24.7 Å². The average molecular weight is 627 g/mol. The topological polar surface area (TPSA) is 30.2 Å². The molecule has 0 unspecified atom stereocenters. The Morgan fingerprint density at radius 1 is 0.469 bits per heavy atom. The molecule has 0 bridgehead atoms. The number of hydrogen-bond donors (Lipinski definition) is 0. The third kappa shape index (κ3) is 3.20. The van der Waals surface area contributed by atoms with Crippen molar-refractivity contribution in [1.29, 1.82) is 0 Å². The van der Waals surface area contributed by atoms with Crippen LogP contribution in [0, 0.1) is 0 Å². The highest BCUT2D eigenvalue weighted by Crippen LogP contribution is 2.64. The molecule has 1 heterocycles. The first-order valence-electron chi connectivity index (χ1n) is 17.1. The van der Waals surface area contributed by atoms with Crippen LogP contribution in [0.4, 0.5) is 0 Å². The van der Waals surface area contributed by atoms with E-state index in [-0.39, 0.29) is 11.2 Å². The molecule has 0 fully saturated rings. The Hall–Kier alpha value is -5.99. The van der Waals surface area contributed by atoms with Crippen LogP contribution in [0.1, 0.15) is 63.1 Å². The van der Waals surface area contributed by atoms with Gasteiger partial charge in [0.2, 0.25) is 0 Å². The van der Waals surface area contributed by atoms with E-state index in [1.54, 1.807) is 0 Å². The van der Waals surface area contributed by atoms with Crippen molar-refractivity contribution < 1.29 is 9.21 Å². The van der Waals surface area contributed by atoms with Crippen molar-refractivity contribution >= 4 is 27.7 Å². The van der Waals surface area contributed by atoms with Crippen LogP contribution in [-0.4, -0.2) is 5.78 Å². The summed E-state index contributed by atoms with van der Waals surface area (Å²) in [4.78, 5) is 14.2. The highest BCUT2D eigenvalue weighted by Gasteiger charge is 2.52. The molecule has 1 spiro atoms. The van der Waals surface area contributed by atoms with Crippen LogP contribution in [0.15, 0.2) is 150 Å². The number of furan rings is 1. The Morgan fingerprint density at radius 3 is 1.69 bits per heavy atom. The van der Waals surface area contributed by atoms with E-state index in [0.717, 1.165) is 27.5 Å². The molecule has 0 atom stereocenters. The first-order valence-corrected chi connectivity index (χ1v) is 17.1. The smallest absolute Gasteiger partial charge is 0.193 e. The van der Waals surface area contributed by atoms with Crippen LogP contribution in [0.3, 0.4) is 0 Å². The predicted molar refractivity (Wildman–Crippen MR) is 197 cm³/mol. The molecule has 0 saturated heterocycles. The first-order chi connectivity index (χ1) is 24.0. The Balaban J connectivity index is 1.09. The zero-order valence-electron chi connectivity index (χ0n) is 27.2. The lowest BCUT2D eigenvalue weighted by atomic mass is 9.70. The summed E-state index contributed by atoms with van der Waals surface area (Å²) in [6, 6.07) is 51.7. The SMILES string of the molecule is CC1(C)c2ccccc2-c2ccc(C(=O)c3ccc4oc5c6c(ccc5c4c3)C3(c4ccccc4-c4ccccc43)c3ccccc3-6)cc21. The van der Waals surface area contributed by atoms with Gasteiger partial charge in [0, 0.05) is 32.9 Å². The average Bonchev–Trinajstić information content (AvgIpc) is 3.83. The summed E-state index contributed by atoms with van der Waals surface area (Å²) in [5.41, 5.74) is 17.5. The van der Waals surface area contributed by atoms with Gasteiger partial charge >= 0.3 is 0 Å². The third-order valence-electron chi connectivity index (χ3n) is 11.7. The van der Waals surface area contributed by atoms with Gasteiger partial charge in [-0.3, -0.25) is 4.79 Å². The standard InChI is InChI=1S/C47H30O2/c1-46(2)36-15-7-3-11-29(36)32-21-19-28(26-41(32)46)44(48)27-20-24-42-35(25-27)33-22-23-40-43(45(33)49-42)34-14-6-10-18-39(34)47(40)37-16-8-4-12-30(37)31-13-5-9-17-38(31)47/h3-26H,1-2H3. The van der Waals surface area contributed by atoms with Gasteiger partial charge in [0.15, 0.2) is 5.78 Å². The summed E-state index contributed by atoms with van der Waals surface area (Å²) >= 11 is 0. The molecule has 7 aromatic carbocycles. The Labute approximate surface area is 284 Å². The molecular formula is C47H30O2. The Morgan fingerprint density at radius 2 is 1.00 bits per heavy atom. The number of benzene rings is 7. The quantitative estimate of drug-likeness (QED) is 0.179. The van der Waals surface area contributed by atoms with E-state index < -0.39 is 5.41 Å². The van der Waals surface area contributed by atoms with E-state index in [4.69, 9.17) is 4.42 Å². The van der Waals surface area contributed by atoms with Gasteiger partial charge in [-0.25, -0.2) is 0 Å². The van der Waals surface area contributed by atoms with E-state index in [2.05, 4.69) is 135 Å². The van der Waals surface area contributed by atoms with Gasteiger partial charge in [-0.05, 0) is 85.5 Å². The highest BCUT2D eigenvalue weighted by molar-refractivity contribution is 6.16. The number of hydrogen-bond acceptors (Lipinski definition) is 2. The van der Waals surface area contributed by atoms with Gasteiger partial charge in [0.05, 0.1) is 5.41 Å². The number of carbonyl (C=O) groups is 1. The van der Waals surface area contributed by atoms with Crippen molar-refractivity contribution in [3.63, 3.8) is 0 Å². The van der Waals surface area contributed by atoms with Crippen molar-refractivity contribution in [1.82, 2.24) is 0 Å². The molecule has 1 aromatic heterocycles. The summed E-state index contributed by atoms with van der Waals surface area (Å²) in [6.07, 6.45) is 0. The van der Waals surface area contributed by atoms with Crippen LogP contribution in [-0.2, 0) is 10.8 Å². The summed E-state index contributed by atoms with van der Waals surface area (Å²) in [7, 11) is 0. The second-order valence-corrected chi connectivity index (χ2v) is 14.3. The maximum absolute atomic E-state index is 14.2. The van der Waals surface area contributed by atoms with Crippen LogP contribution >= 0.6 is 0 Å². The van der Waals surface area contributed by atoms with E-state index in [1.807, 2.05) is 24.3 Å². The molecule has 2 heteroatoms. The van der Waals surface area contributed by atoms with Gasteiger partial charge in [-0.2, -0.15) is 0 Å². The Bertz CT molecular complexity index is 2730. The molecule has 230 valence electrons. The molecular weight excluding hydrogens is 597 g/mol. The first kappa shape index (κ1) is 27.0. The fourth-order valence-electron chi connectivity index (χ4n) is 9.56. The van der Waals surface area contributed by atoms with Crippen molar-refractivity contribution in [3.8, 4) is 33.4 Å². The lowest BCUT2D eigenvalue weighted by molar-refractivity contribution is 0.103. The second kappa shape index (κ2) is 9.12. The zero-order valence-corrected chi connectivity index (χ0v) is 27.2. The molecule has 3 aliphatic rings. The monoisotopic (exact) mass is 626 g/mol. The maximum Gasteiger partial charge on any atom is 0.193 e. The molecule has 11 rings (SSSR count). The molecule has 0 radical (unpaired) electrons. The summed E-state index contributed by atoms with van der Waals surface area (Å²) in [5.74, 6) is 0.0236. The van der Waals surface area contributed by atoms with Crippen LogP contribution < -0.4 is 0 Å². The zero-order chi connectivity index (χ0) is 32.6. The third-order valence-corrected chi connectivity index (χ3v) is 11.7. The molecule has 0 saturated carbocycles. The molecule has 0 aliphatic heterocycles. The van der Waals surface area contributed by atoms with Gasteiger partial charge in [0.25, 0.3) is 0 Å². The Kier molecular flexibility index (Phi) is 5.03. The van der Waals surface area contributed by atoms with Crippen molar-refractivity contribution in [3.05, 3.63) is 190 Å². The predicted octanol–water partition coefficient (Wildman–Crippen LogP) is 11.5. The normalized spacial score (nSPS) is 15.1. The maximum atomic E-state index is 14.2. The minimum Gasteiger partial charge on any atom is -0.455 e. The summed E-state index contributed by atoms with van der Waals surface area (Å²) < 4.78 is 6.78. The molecule has 49 heavy (non-hydrogen) atoms. The van der Waals surface area contributed by atoms with Gasteiger partial charge in [0.1, 0.15) is 11.2 Å². The van der Waals surface area contributed by atoms with Gasteiger partial charge < -0.3 is 4.42 Å². The number of fused-ring (bicyclic) bond motifs is 17. The molecule has 0 N–H and O–H groups in total. The van der Waals surface area contributed by atoms with E-state index in [9.17, 15) is 4.79 Å². The van der Waals surface area contributed by atoms with Crippen LogP contribution in [0.5, 0.6) is 0 Å². The number of rotatable bonds is 2. The minimum absolute atomic E-state index is 0.0236. The highest BCUT2D eigenvalue weighted by atomic mass is 16.3. The number of carbonyl (C=O) groups excluding carboxylic acids is 1. The van der Waals surface area contributed by atoms with Gasteiger partial charge in [-0.1, -0.05) is 135 Å². The van der Waals surface area contributed by atoms with E-state index in [1.165, 1.54) is 61.2 Å². The molecule has 8 aromatic rings. The minimum atomic E-state index is -0.422. The number of ketones is 1. The fourth-order valence-corrected chi connectivity index (χ4v) is 9.56. The lowest BCUT2D eigenvalue weighted by Crippen LogP contribution is -2.25. The fraction of sp³-hybridized carbons (Fsp3) is 0.0851. The lowest BCUT2D eigenvalue weighted by Gasteiger charge is -2.30. The van der Waals surface area contributed by atoms with E-state index in [0.29, 0.717) is 11.1 Å².